The summed E-state index contributed by atoms with van der Waals surface area (Å²) in [6.45, 7) is 7.22. The standard InChI is InChI=1S/C35H37F3N2O4/c1-22(35(36,37)38)29(25-14-12-23(13-15-25)20-40-21-26-9-5-6-11-28(26)31(40)42)30(41)39-27-10-7-8-24(18-27)19-34(16-17-34)32(43)44-33(2,3)4/h5-15,18,22,29H,16-17,19-21H2,1-4H3,(H,39,41). The van der Waals surface area contributed by atoms with E-state index in [0.717, 1.165) is 23.6 Å². The zero-order valence-corrected chi connectivity index (χ0v) is 25.3. The number of carbonyl (C=O) groups excluding carboxylic acids is 3. The summed E-state index contributed by atoms with van der Waals surface area (Å²) in [7, 11) is 0. The lowest BCUT2D eigenvalue weighted by Gasteiger charge is -2.26. The van der Waals surface area contributed by atoms with Crippen molar-refractivity contribution in [3.63, 3.8) is 0 Å². The lowest BCUT2D eigenvalue weighted by Crippen LogP contribution is -2.34. The molecule has 2 aliphatic rings. The topological polar surface area (TPSA) is 75.7 Å². The first-order chi connectivity index (χ1) is 20.6. The number of anilines is 1. The van der Waals surface area contributed by atoms with E-state index in [2.05, 4.69) is 5.32 Å². The minimum Gasteiger partial charge on any atom is -0.460 e. The third-order valence-electron chi connectivity index (χ3n) is 8.33. The largest absolute Gasteiger partial charge is 0.460 e. The van der Waals surface area contributed by atoms with Gasteiger partial charge in [0.1, 0.15) is 5.60 Å². The summed E-state index contributed by atoms with van der Waals surface area (Å²) in [6.07, 6.45) is -2.81. The van der Waals surface area contributed by atoms with Crippen molar-refractivity contribution in [1.29, 1.82) is 0 Å². The molecule has 44 heavy (non-hydrogen) atoms. The van der Waals surface area contributed by atoms with E-state index < -0.39 is 34.9 Å². The van der Waals surface area contributed by atoms with Crippen molar-refractivity contribution < 1.29 is 32.3 Å². The zero-order chi connectivity index (χ0) is 31.9. The van der Waals surface area contributed by atoms with Gasteiger partial charge in [-0.1, -0.05) is 61.5 Å². The molecule has 6 nitrogen and oxygen atoms in total. The van der Waals surface area contributed by atoms with Crippen molar-refractivity contribution in [2.45, 2.75) is 77.7 Å². The summed E-state index contributed by atoms with van der Waals surface area (Å²) in [5, 5.41) is 2.69. The normalized spacial score (nSPS) is 17.1. The smallest absolute Gasteiger partial charge is 0.392 e. The number of ether oxygens (including phenoxy) is 1. The lowest BCUT2D eigenvalue weighted by atomic mass is 9.85. The third kappa shape index (κ3) is 6.98. The van der Waals surface area contributed by atoms with Crippen LogP contribution in [0, 0.1) is 11.3 Å². The number of hydrogen-bond acceptors (Lipinski definition) is 4. The number of fused-ring (bicyclic) bond motifs is 1. The molecule has 0 saturated heterocycles. The molecule has 232 valence electrons. The zero-order valence-electron chi connectivity index (χ0n) is 25.3. The van der Waals surface area contributed by atoms with Crippen molar-refractivity contribution in [1.82, 2.24) is 4.90 Å². The number of nitrogens with zero attached hydrogens (tertiary/aromatic N) is 1. The average Bonchev–Trinajstić information content (AvgIpc) is 3.66. The van der Waals surface area contributed by atoms with E-state index in [9.17, 15) is 27.6 Å². The van der Waals surface area contributed by atoms with E-state index in [1.165, 1.54) is 12.1 Å². The second-order valence-corrected chi connectivity index (χ2v) is 13.0. The molecule has 1 saturated carbocycles. The lowest BCUT2D eigenvalue weighted by molar-refractivity contribution is -0.178. The molecule has 1 aliphatic heterocycles. The minimum absolute atomic E-state index is 0.0893. The van der Waals surface area contributed by atoms with Gasteiger partial charge in [0.2, 0.25) is 5.91 Å². The van der Waals surface area contributed by atoms with E-state index >= 15 is 0 Å². The fourth-order valence-corrected chi connectivity index (χ4v) is 5.71. The molecule has 1 N–H and O–H groups in total. The monoisotopic (exact) mass is 606 g/mol. The van der Waals surface area contributed by atoms with Crippen LogP contribution in [0.5, 0.6) is 0 Å². The highest BCUT2D eigenvalue weighted by molar-refractivity contribution is 5.98. The number of carbonyl (C=O) groups is 3. The summed E-state index contributed by atoms with van der Waals surface area (Å²) >= 11 is 0. The number of halogens is 3. The summed E-state index contributed by atoms with van der Waals surface area (Å²) in [4.78, 5) is 40.7. The summed E-state index contributed by atoms with van der Waals surface area (Å²) in [6, 6.07) is 20.6. The van der Waals surface area contributed by atoms with Crippen molar-refractivity contribution in [2.75, 3.05) is 5.32 Å². The molecule has 0 bridgehead atoms. The van der Waals surface area contributed by atoms with Gasteiger partial charge in [-0.05, 0) is 80.5 Å². The van der Waals surface area contributed by atoms with E-state index in [-0.39, 0.29) is 17.4 Å². The van der Waals surface area contributed by atoms with Crippen molar-refractivity contribution in [3.8, 4) is 0 Å². The van der Waals surface area contributed by atoms with Gasteiger partial charge in [-0.15, -0.1) is 0 Å². The Kier molecular flexibility index (Phi) is 8.35. The maximum atomic E-state index is 14.0. The molecular formula is C35H37F3N2O4. The number of amides is 2. The summed E-state index contributed by atoms with van der Waals surface area (Å²) in [5.74, 6) is -4.58. The van der Waals surface area contributed by atoms with Gasteiger partial charge in [-0.3, -0.25) is 14.4 Å². The second-order valence-electron chi connectivity index (χ2n) is 13.0. The van der Waals surface area contributed by atoms with Crippen LogP contribution in [0.4, 0.5) is 18.9 Å². The van der Waals surface area contributed by atoms with Gasteiger partial charge in [-0.2, -0.15) is 13.2 Å². The highest BCUT2D eigenvalue weighted by Gasteiger charge is 2.52. The molecular weight excluding hydrogens is 569 g/mol. The number of nitrogens with one attached hydrogen (secondary N) is 1. The molecule has 3 aromatic rings. The molecule has 0 aromatic heterocycles. The van der Waals surface area contributed by atoms with Gasteiger partial charge in [0.05, 0.1) is 17.3 Å². The third-order valence-corrected chi connectivity index (χ3v) is 8.33. The SMILES string of the molecule is CC(C(C(=O)Nc1cccc(CC2(C(=O)OC(C)(C)C)CC2)c1)c1ccc(CN2Cc3ccccc3C2=O)cc1)C(F)(F)F. The maximum absolute atomic E-state index is 14.0. The van der Waals surface area contributed by atoms with Gasteiger partial charge in [0.25, 0.3) is 5.91 Å². The number of esters is 1. The van der Waals surface area contributed by atoms with Crippen LogP contribution < -0.4 is 5.32 Å². The van der Waals surface area contributed by atoms with Gasteiger partial charge in [-0.25, -0.2) is 0 Å². The van der Waals surface area contributed by atoms with E-state index in [0.29, 0.717) is 43.6 Å². The Morgan fingerprint density at radius 1 is 0.955 bits per heavy atom. The molecule has 3 aromatic carbocycles. The van der Waals surface area contributed by atoms with Crippen LogP contribution in [0.2, 0.25) is 0 Å². The highest BCUT2D eigenvalue weighted by Crippen LogP contribution is 2.50. The molecule has 1 heterocycles. The Labute approximate surface area is 255 Å². The van der Waals surface area contributed by atoms with Crippen LogP contribution in [0.1, 0.15) is 79.1 Å². The quantitative estimate of drug-likeness (QED) is 0.257. The second kappa shape index (κ2) is 11.7. The summed E-state index contributed by atoms with van der Waals surface area (Å²) < 4.78 is 47.6. The molecule has 0 radical (unpaired) electrons. The van der Waals surface area contributed by atoms with Gasteiger partial charge in [0.15, 0.2) is 0 Å². The Bertz CT molecular complexity index is 1560. The Morgan fingerprint density at radius 3 is 2.25 bits per heavy atom. The molecule has 2 unspecified atom stereocenters. The van der Waals surface area contributed by atoms with E-state index in [4.69, 9.17) is 4.74 Å². The molecule has 9 heteroatoms. The Morgan fingerprint density at radius 2 is 1.64 bits per heavy atom. The molecule has 1 fully saturated rings. The Balaban J connectivity index is 1.30. The van der Waals surface area contributed by atoms with Gasteiger partial charge < -0.3 is 15.0 Å². The first-order valence-electron chi connectivity index (χ1n) is 14.8. The predicted molar refractivity (Wildman–Crippen MR) is 161 cm³/mol. The van der Waals surface area contributed by atoms with Crippen molar-refractivity contribution in [3.05, 3.63) is 101 Å². The molecule has 1 aliphatic carbocycles. The first-order valence-corrected chi connectivity index (χ1v) is 14.8. The molecule has 5 rings (SSSR count). The fourth-order valence-electron chi connectivity index (χ4n) is 5.71. The maximum Gasteiger partial charge on any atom is 0.392 e. The van der Waals surface area contributed by atoms with E-state index in [1.54, 1.807) is 41.3 Å². The average molecular weight is 607 g/mol. The van der Waals surface area contributed by atoms with Crippen LogP contribution in [0.15, 0.2) is 72.8 Å². The van der Waals surface area contributed by atoms with Crippen LogP contribution in [0.25, 0.3) is 0 Å². The molecule has 2 atom stereocenters. The van der Waals surface area contributed by atoms with E-state index in [1.807, 2.05) is 45.0 Å². The minimum atomic E-state index is -4.61. The Hall–Kier alpha value is -4.14. The number of benzene rings is 3. The highest BCUT2D eigenvalue weighted by atomic mass is 19.4. The fraction of sp³-hybridized carbons (Fsp3) is 0.400. The van der Waals surface area contributed by atoms with Crippen LogP contribution in [0.3, 0.4) is 0 Å². The first kappa shape index (κ1) is 31.3. The molecule has 2 amide bonds. The number of rotatable bonds is 9. The van der Waals surface area contributed by atoms with Crippen LogP contribution >= 0.6 is 0 Å². The number of hydrogen-bond donors (Lipinski definition) is 1. The van der Waals surface area contributed by atoms with Gasteiger partial charge in [0, 0.05) is 24.3 Å². The summed E-state index contributed by atoms with van der Waals surface area (Å²) in [5.41, 5.74) is 2.48. The van der Waals surface area contributed by atoms with Crippen LogP contribution in [-0.4, -0.2) is 34.5 Å². The van der Waals surface area contributed by atoms with Crippen LogP contribution in [-0.2, 0) is 33.8 Å². The number of alkyl halides is 3. The van der Waals surface area contributed by atoms with Crippen molar-refractivity contribution in [2.24, 2.45) is 11.3 Å². The molecule has 0 spiro atoms. The van der Waals surface area contributed by atoms with Gasteiger partial charge >= 0.3 is 12.1 Å². The predicted octanol–water partition coefficient (Wildman–Crippen LogP) is 7.43. The van der Waals surface area contributed by atoms with Crippen molar-refractivity contribution >= 4 is 23.5 Å².